The highest BCUT2D eigenvalue weighted by Gasteiger charge is 2.17. The molecule has 1 amide bonds. The molecule has 1 saturated heterocycles. The van der Waals surface area contributed by atoms with Crippen LogP contribution in [0.1, 0.15) is 19.3 Å². The van der Waals surface area contributed by atoms with Gasteiger partial charge in [-0.2, -0.15) is 0 Å². The molecular formula is C11H23N3O. The van der Waals surface area contributed by atoms with Gasteiger partial charge in [0, 0.05) is 26.2 Å². The Morgan fingerprint density at radius 2 is 2.00 bits per heavy atom. The topological polar surface area (TPSA) is 35.6 Å². The van der Waals surface area contributed by atoms with Crippen LogP contribution in [0.25, 0.3) is 0 Å². The minimum absolute atomic E-state index is 0.285. The van der Waals surface area contributed by atoms with Gasteiger partial charge in [0.25, 0.3) is 0 Å². The first kappa shape index (κ1) is 12.5. The van der Waals surface area contributed by atoms with Gasteiger partial charge in [0.15, 0.2) is 0 Å². The lowest BCUT2D eigenvalue weighted by Gasteiger charge is -2.28. The second kappa shape index (κ2) is 6.80. The third-order valence-corrected chi connectivity index (χ3v) is 2.86. The number of nitrogens with zero attached hydrogens (tertiary/aromatic N) is 2. The van der Waals surface area contributed by atoms with Crippen LogP contribution in [0.4, 0.5) is 0 Å². The molecule has 1 aliphatic rings. The van der Waals surface area contributed by atoms with E-state index in [4.69, 9.17) is 0 Å². The summed E-state index contributed by atoms with van der Waals surface area (Å²) in [7, 11) is 3.93. The van der Waals surface area contributed by atoms with E-state index in [2.05, 4.69) is 10.2 Å². The summed E-state index contributed by atoms with van der Waals surface area (Å²) in [6.45, 7) is 4.33. The third kappa shape index (κ3) is 4.62. The smallest absolute Gasteiger partial charge is 0.236 e. The Balaban J connectivity index is 2.21. The molecule has 0 aliphatic carbocycles. The molecule has 1 heterocycles. The van der Waals surface area contributed by atoms with Crippen molar-refractivity contribution in [3.05, 3.63) is 0 Å². The molecule has 88 valence electrons. The van der Waals surface area contributed by atoms with Crippen molar-refractivity contribution in [1.29, 1.82) is 0 Å². The Hall–Kier alpha value is -0.610. The monoisotopic (exact) mass is 213 g/mol. The second-order valence-corrected chi connectivity index (χ2v) is 4.28. The van der Waals surface area contributed by atoms with Crippen LogP contribution in [0, 0.1) is 0 Å². The molecule has 1 fully saturated rings. The molecule has 15 heavy (non-hydrogen) atoms. The summed E-state index contributed by atoms with van der Waals surface area (Å²) >= 11 is 0. The average molecular weight is 213 g/mol. The van der Waals surface area contributed by atoms with Crippen molar-refractivity contribution in [3.8, 4) is 0 Å². The number of carbonyl (C=O) groups excluding carboxylic acids is 1. The fraction of sp³-hybridized carbons (Fsp3) is 0.909. The van der Waals surface area contributed by atoms with Crippen LogP contribution in [0.3, 0.4) is 0 Å². The largest absolute Gasteiger partial charge is 0.342 e. The van der Waals surface area contributed by atoms with Gasteiger partial charge in [0.05, 0.1) is 6.54 Å². The molecule has 0 atom stereocenters. The number of hydrogen-bond donors (Lipinski definition) is 1. The Morgan fingerprint density at radius 3 is 2.60 bits per heavy atom. The quantitative estimate of drug-likeness (QED) is 0.706. The van der Waals surface area contributed by atoms with Crippen molar-refractivity contribution in [2.45, 2.75) is 19.3 Å². The van der Waals surface area contributed by atoms with Gasteiger partial charge in [0.2, 0.25) is 5.91 Å². The summed E-state index contributed by atoms with van der Waals surface area (Å²) in [5.41, 5.74) is 0. The fourth-order valence-corrected chi connectivity index (χ4v) is 1.86. The summed E-state index contributed by atoms with van der Waals surface area (Å²) < 4.78 is 0. The van der Waals surface area contributed by atoms with E-state index in [0.717, 1.165) is 26.2 Å². The highest BCUT2D eigenvalue weighted by atomic mass is 16.2. The van der Waals surface area contributed by atoms with Gasteiger partial charge in [-0.05, 0) is 33.4 Å². The molecule has 0 spiro atoms. The lowest BCUT2D eigenvalue weighted by Crippen LogP contribution is -2.42. The molecule has 0 unspecified atom stereocenters. The molecular weight excluding hydrogens is 190 g/mol. The van der Waals surface area contributed by atoms with E-state index in [1.165, 1.54) is 19.3 Å². The summed E-state index contributed by atoms with van der Waals surface area (Å²) in [4.78, 5) is 15.9. The highest BCUT2D eigenvalue weighted by molar-refractivity contribution is 5.78. The van der Waals surface area contributed by atoms with Gasteiger partial charge < -0.3 is 10.2 Å². The number of likely N-dealkylation sites (N-methyl/N-ethyl adjacent to an activating group) is 2. The molecule has 0 aromatic carbocycles. The number of piperidine rings is 1. The summed E-state index contributed by atoms with van der Waals surface area (Å²) in [6.07, 6.45) is 3.62. The molecule has 0 aromatic heterocycles. The first-order valence-corrected chi connectivity index (χ1v) is 5.85. The lowest BCUT2D eigenvalue weighted by molar-refractivity contribution is -0.132. The van der Waals surface area contributed by atoms with Gasteiger partial charge in [0.1, 0.15) is 0 Å². The summed E-state index contributed by atoms with van der Waals surface area (Å²) in [5, 5.41) is 3.08. The van der Waals surface area contributed by atoms with E-state index < -0.39 is 0 Å². The molecule has 0 aromatic rings. The van der Waals surface area contributed by atoms with E-state index in [1.54, 1.807) is 0 Å². The Kier molecular flexibility index (Phi) is 5.65. The standard InChI is InChI=1S/C11H23N3O/c1-12-6-9-13(2)10-11(15)14-7-4-3-5-8-14/h12H,3-10H2,1-2H3. The van der Waals surface area contributed by atoms with Crippen LogP contribution in [-0.4, -0.2) is 62.5 Å². The second-order valence-electron chi connectivity index (χ2n) is 4.28. The first-order chi connectivity index (χ1) is 7.24. The first-order valence-electron chi connectivity index (χ1n) is 5.85. The van der Waals surface area contributed by atoms with Crippen LogP contribution >= 0.6 is 0 Å². The maximum atomic E-state index is 11.8. The van der Waals surface area contributed by atoms with Crippen molar-refractivity contribution in [1.82, 2.24) is 15.1 Å². The maximum Gasteiger partial charge on any atom is 0.236 e. The van der Waals surface area contributed by atoms with E-state index in [9.17, 15) is 4.79 Å². The molecule has 4 nitrogen and oxygen atoms in total. The van der Waals surface area contributed by atoms with Crippen molar-refractivity contribution in [3.63, 3.8) is 0 Å². The number of nitrogens with one attached hydrogen (secondary N) is 1. The lowest BCUT2D eigenvalue weighted by atomic mass is 10.1. The van der Waals surface area contributed by atoms with E-state index in [0.29, 0.717) is 6.54 Å². The molecule has 0 radical (unpaired) electrons. The zero-order valence-electron chi connectivity index (χ0n) is 9.96. The van der Waals surface area contributed by atoms with E-state index >= 15 is 0 Å². The van der Waals surface area contributed by atoms with Crippen LogP contribution < -0.4 is 5.32 Å². The zero-order valence-corrected chi connectivity index (χ0v) is 9.96. The predicted molar refractivity (Wildman–Crippen MR) is 61.9 cm³/mol. The third-order valence-electron chi connectivity index (χ3n) is 2.86. The van der Waals surface area contributed by atoms with Crippen LogP contribution in [0.15, 0.2) is 0 Å². The molecule has 0 bridgehead atoms. The van der Waals surface area contributed by atoms with Crippen molar-refractivity contribution in [2.75, 3.05) is 46.8 Å². The van der Waals surface area contributed by atoms with Crippen molar-refractivity contribution < 1.29 is 4.79 Å². The van der Waals surface area contributed by atoms with Gasteiger partial charge in [-0.1, -0.05) is 0 Å². The number of rotatable bonds is 5. The Morgan fingerprint density at radius 1 is 1.33 bits per heavy atom. The average Bonchev–Trinajstić information content (AvgIpc) is 2.27. The highest BCUT2D eigenvalue weighted by Crippen LogP contribution is 2.08. The molecule has 1 aliphatic heterocycles. The Labute approximate surface area is 92.6 Å². The van der Waals surface area contributed by atoms with Gasteiger partial charge in [-0.25, -0.2) is 0 Å². The number of amides is 1. The number of likely N-dealkylation sites (tertiary alicyclic amines) is 1. The molecule has 0 saturated carbocycles. The molecule has 1 rings (SSSR count). The van der Waals surface area contributed by atoms with Gasteiger partial charge >= 0.3 is 0 Å². The van der Waals surface area contributed by atoms with Gasteiger partial charge in [-0.3, -0.25) is 9.69 Å². The van der Waals surface area contributed by atoms with E-state index in [-0.39, 0.29) is 5.91 Å². The Bertz CT molecular complexity index is 190. The summed E-state index contributed by atoms with van der Waals surface area (Å²) in [6, 6.07) is 0. The summed E-state index contributed by atoms with van der Waals surface area (Å²) in [5.74, 6) is 0.285. The van der Waals surface area contributed by atoms with Crippen molar-refractivity contribution in [2.24, 2.45) is 0 Å². The molecule has 4 heteroatoms. The predicted octanol–water partition coefficient (Wildman–Crippen LogP) is 0.150. The maximum absolute atomic E-state index is 11.8. The number of hydrogen-bond acceptors (Lipinski definition) is 3. The van der Waals surface area contributed by atoms with E-state index in [1.807, 2.05) is 19.0 Å². The van der Waals surface area contributed by atoms with Crippen LogP contribution in [0.2, 0.25) is 0 Å². The van der Waals surface area contributed by atoms with Crippen LogP contribution in [0.5, 0.6) is 0 Å². The SMILES string of the molecule is CNCCN(C)CC(=O)N1CCCCC1. The van der Waals surface area contributed by atoms with Crippen LogP contribution in [-0.2, 0) is 4.79 Å². The fourth-order valence-electron chi connectivity index (χ4n) is 1.86. The van der Waals surface area contributed by atoms with Crippen molar-refractivity contribution >= 4 is 5.91 Å². The minimum Gasteiger partial charge on any atom is -0.342 e. The zero-order chi connectivity index (χ0) is 11.1. The normalized spacial score (nSPS) is 17.1. The minimum atomic E-state index is 0.285. The molecule has 1 N–H and O–H groups in total. The number of carbonyl (C=O) groups is 1. The van der Waals surface area contributed by atoms with Gasteiger partial charge in [-0.15, -0.1) is 0 Å².